The standard InChI is InChI=1S/C9H13N7OS/c1-5-6(18-4-12-5)3-11-7-13-8(16-10)15-9(14-7)17-2/h4H,3,10H2,1-2H3,(H2,11,13,14,15,16). The minimum absolute atomic E-state index is 0.196. The smallest absolute Gasteiger partial charge is 0.322 e. The van der Waals surface area contributed by atoms with Crippen molar-refractivity contribution in [1.82, 2.24) is 19.9 Å². The largest absolute Gasteiger partial charge is 0.467 e. The zero-order valence-electron chi connectivity index (χ0n) is 9.97. The summed E-state index contributed by atoms with van der Waals surface area (Å²) in [5, 5.41) is 3.07. The molecule has 0 aromatic carbocycles. The maximum atomic E-state index is 5.26. The van der Waals surface area contributed by atoms with Crippen LogP contribution in [0.25, 0.3) is 0 Å². The highest BCUT2D eigenvalue weighted by molar-refractivity contribution is 7.09. The number of nitrogens with zero attached hydrogens (tertiary/aromatic N) is 4. The number of nitrogens with two attached hydrogens (primary N) is 1. The zero-order chi connectivity index (χ0) is 13.0. The first-order valence-electron chi connectivity index (χ1n) is 5.12. The van der Waals surface area contributed by atoms with Crippen molar-refractivity contribution in [2.75, 3.05) is 17.9 Å². The van der Waals surface area contributed by atoms with Gasteiger partial charge in [-0.2, -0.15) is 15.0 Å². The average molecular weight is 267 g/mol. The van der Waals surface area contributed by atoms with Gasteiger partial charge in [-0.15, -0.1) is 11.3 Å². The number of rotatable bonds is 5. The third-order valence-corrected chi connectivity index (χ3v) is 3.11. The van der Waals surface area contributed by atoms with Gasteiger partial charge in [0.1, 0.15) is 0 Å². The number of thiazole rings is 1. The van der Waals surface area contributed by atoms with Crippen LogP contribution in [0.5, 0.6) is 6.01 Å². The van der Waals surface area contributed by atoms with E-state index < -0.39 is 0 Å². The molecule has 0 aliphatic heterocycles. The van der Waals surface area contributed by atoms with E-state index in [4.69, 9.17) is 10.6 Å². The van der Waals surface area contributed by atoms with Crippen LogP contribution in [-0.4, -0.2) is 27.0 Å². The van der Waals surface area contributed by atoms with Gasteiger partial charge < -0.3 is 10.1 Å². The van der Waals surface area contributed by atoms with E-state index in [-0.39, 0.29) is 12.0 Å². The van der Waals surface area contributed by atoms with Crippen molar-refractivity contribution in [3.8, 4) is 6.01 Å². The van der Waals surface area contributed by atoms with Crippen LogP contribution >= 0.6 is 11.3 Å². The molecule has 0 saturated heterocycles. The molecule has 2 aromatic rings. The van der Waals surface area contributed by atoms with Gasteiger partial charge in [0.2, 0.25) is 11.9 Å². The van der Waals surface area contributed by atoms with Crippen LogP contribution < -0.4 is 21.3 Å². The number of nitrogens with one attached hydrogen (secondary N) is 2. The van der Waals surface area contributed by atoms with Crippen molar-refractivity contribution in [3.05, 3.63) is 16.1 Å². The molecule has 0 aliphatic carbocycles. The quantitative estimate of drug-likeness (QED) is 0.532. The predicted octanol–water partition coefficient (Wildman–Crippen LogP) is 0.543. The van der Waals surface area contributed by atoms with E-state index in [0.29, 0.717) is 12.5 Å². The highest BCUT2D eigenvalue weighted by atomic mass is 32.1. The first-order valence-corrected chi connectivity index (χ1v) is 6.00. The summed E-state index contributed by atoms with van der Waals surface area (Å²) in [6, 6.07) is 0.196. The lowest BCUT2D eigenvalue weighted by molar-refractivity contribution is 0.379. The van der Waals surface area contributed by atoms with Gasteiger partial charge in [-0.3, -0.25) is 5.43 Å². The van der Waals surface area contributed by atoms with Gasteiger partial charge >= 0.3 is 6.01 Å². The highest BCUT2D eigenvalue weighted by Crippen LogP contribution is 2.15. The third kappa shape index (κ3) is 2.81. The van der Waals surface area contributed by atoms with Crippen molar-refractivity contribution in [2.45, 2.75) is 13.5 Å². The summed E-state index contributed by atoms with van der Waals surface area (Å²) in [6.07, 6.45) is 0. The number of hydrogen-bond donors (Lipinski definition) is 3. The van der Waals surface area contributed by atoms with E-state index in [2.05, 4.69) is 30.7 Å². The molecule has 0 fully saturated rings. The second-order valence-electron chi connectivity index (χ2n) is 3.33. The fourth-order valence-electron chi connectivity index (χ4n) is 1.25. The van der Waals surface area contributed by atoms with Crippen molar-refractivity contribution < 1.29 is 4.74 Å². The van der Waals surface area contributed by atoms with Gasteiger partial charge in [-0.05, 0) is 6.92 Å². The summed E-state index contributed by atoms with van der Waals surface area (Å²) in [4.78, 5) is 17.3. The number of anilines is 2. The fourth-order valence-corrected chi connectivity index (χ4v) is 1.96. The van der Waals surface area contributed by atoms with E-state index in [9.17, 15) is 0 Å². The Morgan fingerprint density at radius 2 is 2.11 bits per heavy atom. The van der Waals surface area contributed by atoms with Crippen molar-refractivity contribution in [2.24, 2.45) is 5.84 Å². The van der Waals surface area contributed by atoms with Crippen LogP contribution in [0.2, 0.25) is 0 Å². The molecular weight excluding hydrogens is 254 g/mol. The molecule has 9 heteroatoms. The van der Waals surface area contributed by atoms with Gasteiger partial charge in [0.15, 0.2) is 0 Å². The van der Waals surface area contributed by atoms with Gasteiger partial charge in [-0.25, -0.2) is 10.8 Å². The Balaban J connectivity index is 2.11. The Morgan fingerprint density at radius 1 is 1.33 bits per heavy atom. The number of ether oxygens (including phenoxy) is 1. The van der Waals surface area contributed by atoms with Crippen molar-refractivity contribution in [3.63, 3.8) is 0 Å². The predicted molar refractivity (Wildman–Crippen MR) is 68.4 cm³/mol. The van der Waals surface area contributed by atoms with Crippen LogP contribution in [0.4, 0.5) is 11.9 Å². The van der Waals surface area contributed by atoms with Crippen LogP contribution in [0.1, 0.15) is 10.6 Å². The summed E-state index contributed by atoms with van der Waals surface area (Å²) in [7, 11) is 1.48. The summed E-state index contributed by atoms with van der Waals surface area (Å²) in [6.45, 7) is 2.54. The maximum absolute atomic E-state index is 5.26. The summed E-state index contributed by atoms with van der Waals surface area (Å²) in [5.74, 6) is 5.90. The molecule has 2 rings (SSSR count). The minimum atomic E-state index is 0.196. The van der Waals surface area contributed by atoms with E-state index in [1.807, 2.05) is 6.92 Å². The molecule has 0 atom stereocenters. The van der Waals surface area contributed by atoms with Crippen LogP contribution in [0.3, 0.4) is 0 Å². The number of hydrazine groups is 1. The first kappa shape index (κ1) is 12.5. The van der Waals surface area contributed by atoms with Gasteiger partial charge in [0.05, 0.1) is 24.9 Å². The number of methoxy groups -OCH3 is 1. The van der Waals surface area contributed by atoms with Crippen molar-refractivity contribution >= 4 is 23.2 Å². The number of hydrogen-bond acceptors (Lipinski definition) is 9. The van der Waals surface area contributed by atoms with E-state index >= 15 is 0 Å². The number of aromatic nitrogens is 4. The van der Waals surface area contributed by atoms with Crippen LogP contribution in [0.15, 0.2) is 5.51 Å². The molecule has 0 bridgehead atoms. The van der Waals surface area contributed by atoms with Crippen LogP contribution in [0, 0.1) is 6.92 Å². The second-order valence-corrected chi connectivity index (χ2v) is 4.27. The van der Waals surface area contributed by atoms with Gasteiger partial charge in [-0.1, -0.05) is 0 Å². The number of nitrogen functional groups attached to an aromatic ring is 1. The van der Waals surface area contributed by atoms with Gasteiger partial charge in [0, 0.05) is 4.88 Å². The molecule has 2 heterocycles. The molecule has 0 radical (unpaired) electrons. The van der Waals surface area contributed by atoms with E-state index in [1.54, 1.807) is 16.8 Å². The topological polar surface area (TPSA) is 111 Å². The molecule has 4 N–H and O–H groups in total. The monoisotopic (exact) mass is 267 g/mol. The lowest BCUT2D eigenvalue weighted by Crippen LogP contribution is -2.14. The number of aryl methyl sites for hydroxylation is 1. The summed E-state index contributed by atoms with van der Waals surface area (Å²) < 4.78 is 4.95. The maximum Gasteiger partial charge on any atom is 0.322 e. The molecular formula is C9H13N7OS. The normalized spacial score (nSPS) is 10.2. The lowest BCUT2D eigenvalue weighted by atomic mass is 10.4. The van der Waals surface area contributed by atoms with Gasteiger partial charge in [0.25, 0.3) is 0 Å². The zero-order valence-corrected chi connectivity index (χ0v) is 10.8. The van der Waals surface area contributed by atoms with E-state index in [1.165, 1.54) is 7.11 Å². The summed E-state index contributed by atoms with van der Waals surface area (Å²) in [5.41, 5.74) is 5.14. The molecule has 0 aliphatic rings. The van der Waals surface area contributed by atoms with Crippen LogP contribution in [-0.2, 0) is 6.54 Å². The van der Waals surface area contributed by atoms with E-state index in [0.717, 1.165) is 10.6 Å². The first-order chi connectivity index (χ1) is 8.72. The molecule has 18 heavy (non-hydrogen) atoms. The lowest BCUT2D eigenvalue weighted by Gasteiger charge is -2.07. The molecule has 0 unspecified atom stereocenters. The second kappa shape index (κ2) is 5.56. The van der Waals surface area contributed by atoms with Crippen molar-refractivity contribution in [1.29, 1.82) is 0 Å². The Kier molecular flexibility index (Phi) is 3.85. The Hall–Kier alpha value is -2.00. The minimum Gasteiger partial charge on any atom is -0.467 e. The Labute approximate surface area is 108 Å². The highest BCUT2D eigenvalue weighted by Gasteiger charge is 2.07. The molecule has 8 nitrogen and oxygen atoms in total. The molecule has 2 aromatic heterocycles. The SMILES string of the molecule is COc1nc(NN)nc(NCc2scnc2C)n1. The molecule has 0 amide bonds. The Morgan fingerprint density at radius 3 is 2.72 bits per heavy atom. The Bertz CT molecular complexity index is 507. The molecule has 0 saturated carbocycles. The fraction of sp³-hybridized carbons (Fsp3) is 0.333. The third-order valence-electron chi connectivity index (χ3n) is 2.18. The average Bonchev–Trinajstić information content (AvgIpc) is 2.81. The molecule has 96 valence electrons. The molecule has 0 spiro atoms. The summed E-state index contributed by atoms with van der Waals surface area (Å²) >= 11 is 1.57.